The number of hydrogen-bond acceptors (Lipinski definition) is 7. The van der Waals surface area contributed by atoms with Crippen molar-refractivity contribution in [3.05, 3.63) is 47.9 Å². The zero-order valence-corrected chi connectivity index (χ0v) is 13.8. The third-order valence-corrected chi connectivity index (χ3v) is 4.36. The smallest absolute Gasteiger partial charge is 0.230 e. The van der Waals surface area contributed by atoms with Crippen LogP contribution in [0.1, 0.15) is 23.6 Å². The molecule has 2 N–H and O–H groups in total. The molecule has 24 heavy (non-hydrogen) atoms. The summed E-state index contributed by atoms with van der Waals surface area (Å²) in [7, 11) is 2.06. The average Bonchev–Trinajstić information content (AvgIpc) is 3.26. The molecular formula is C17H21N5O2. The summed E-state index contributed by atoms with van der Waals surface area (Å²) in [4.78, 5) is 2.20. The Hall–Kier alpha value is -2.22. The second-order valence-corrected chi connectivity index (χ2v) is 6.36. The van der Waals surface area contributed by atoms with Crippen molar-refractivity contribution in [2.45, 2.75) is 19.5 Å². The predicted octanol–water partition coefficient (Wildman–Crippen LogP) is 2.02. The van der Waals surface area contributed by atoms with Crippen molar-refractivity contribution in [1.29, 1.82) is 0 Å². The zero-order valence-electron chi connectivity index (χ0n) is 13.8. The molecular weight excluding hydrogens is 306 g/mol. The minimum absolute atomic E-state index is 0.143. The Balaban J connectivity index is 1.46. The molecule has 7 heteroatoms. The molecule has 0 spiro atoms. The molecule has 7 nitrogen and oxygen atoms in total. The van der Waals surface area contributed by atoms with Crippen LogP contribution in [0.25, 0.3) is 11.0 Å². The number of furan rings is 1. The van der Waals surface area contributed by atoms with E-state index >= 15 is 0 Å². The molecule has 1 aliphatic heterocycles. The summed E-state index contributed by atoms with van der Waals surface area (Å²) in [6, 6.07) is 10.4. The van der Waals surface area contributed by atoms with Gasteiger partial charge in [-0.25, -0.2) is 5.43 Å². The highest BCUT2D eigenvalue weighted by molar-refractivity contribution is 5.77. The van der Waals surface area contributed by atoms with Gasteiger partial charge in [-0.05, 0) is 19.2 Å². The Kier molecular flexibility index (Phi) is 4.05. The summed E-state index contributed by atoms with van der Waals surface area (Å²) >= 11 is 0. The topological polar surface area (TPSA) is 79.4 Å². The van der Waals surface area contributed by atoms with Crippen LogP contribution >= 0.6 is 0 Å². The quantitative estimate of drug-likeness (QED) is 0.742. The lowest BCUT2D eigenvalue weighted by Crippen LogP contribution is -2.30. The van der Waals surface area contributed by atoms with E-state index in [0.29, 0.717) is 24.2 Å². The minimum Gasteiger partial charge on any atom is -0.459 e. The van der Waals surface area contributed by atoms with E-state index in [-0.39, 0.29) is 6.04 Å². The maximum atomic E-state index is 6.02. The van der Waals surface area contributed by atoms with Gasteiger partial charge < -0.3 is 8.83 Å². The Bertz CT molecular complexity index is 794. The third-order valence-electron chi connectivity index (χ3n) is 4.36. The number of nitrogens with zero attached hydrogens (tertiary/aromatic N) is 3. The van der Waals surface area contributed by atoms with Crippen LogP contribution in [0, 0.1) is 12.8 Å². The fourth-order valence-corrected chi connectivity index (χ4v) is 3.26. The summed E-state index contributed by atoms with van der Waals surface area (Å²) in [5.41, 5.74) is 7.51. The van der Waals surface area contributed by atoms with Crippen LogP contribution in [0.15, 0.2) is 39.2 Å². The van der Waals surface area contributed by atoms with E-state index < -0.39 is 0 Å². The van der Waals surface area contributed by atoms with Crippen LogP contribution in [0.3, 0.4) is 0 Å². The summed E-state index contributed by atoms with van der Waals surface area (Å²) in [6.07, 6.45) is 0. The number of fused-ring (bicyclic) bond motifs is 1. The van der Waals surface area contributed by atoms with Gasteiger partial charge in [-0.3, -0.25) is 10.3 Å². The van der Waals surface area contributed by atoms with Crippen molar-refractivity contribution in [3.8, 4) is 0 Å². The van der Waals surface area contributed by atoms with Crippen molar-refractivity contribution in [1.82, 2.24) is 25.9 Å². The maximum Gasteiger partial charge on any atom is 0.230 e. The zero-order chi connectivity index (χ0) is 16.5. The van der Waals surface area contributed by atoms with Gasteiger partial charge in [0.15, 0.2) is 0 Å². The van der Waals surface area contributed by atoms with E-state index in [4.69, 9.17) is 8.83 Å². The predicted molar refractivity (Wildman–Crippen MR) is 89.0 cm³/mol. The molecule has 0 radical (unpaired) electrons. The molecule has 0 amide bonds. The average molecular weight is 327 g/mol. The van der Waals surface area contributed by atoms with E-state index in [0.717, 1.165) is 29.8 Å². The van der Waals surface area contributed by atoms with Gasteiger partial charge in [-0.15, -0.1) is 10.2 Å². The van der Waals surface area contributed by atoms with Gasteiger partial charge in [0.05, 0.1) is 12.6 Å². The number of nitrogens with one attached hydrogen (secondary N) is 2. The molecule has 2 unspecified atom stereocenters. The highest BCUT2D eigenvalue weighted by Crippen LogP contribution is 2.30. The van der Waals surface area contributed by atoms with Gasteiger partial charge in [0.2, 0.25) is 11.8 Å². The lowest BCUT2D eigenvalue weighted by molar-refractivity contribution is 0.232. The molecule has 126 valence electrons. The Morgan fingerprint density at radius 1 is 1.25 bits per heavy atom. The van der Waals surface area contributed by atoms with Gasteiger partial charge in [-0.1, -0.05) is 18.2 Å². The van der Waals surface area contributed by atoms with Crippen molar-refractivity contribution in [2.24, 2.45) is 5.92 Å². The van der Waals surface area contributed by atoms with Gasteiger partial charge >= 0.3 is 0 Å². The van der Waals surface area contributed by atoms with E-state index in [1.807, 2.05) is 18.2 Å². The first-order valence-corrected chi connectivity index (χ1v) is 8.13. The normalized spacial score (nSPS) is 21.1. The molecule has 0 saturated carbocycles. The second kappa shape index (κ2) is 6.35. The number of aryl methyl sites for hydroxylation is 1. The Morgan fingerprint density at radius 3 is 2.92 bits per heavy atom. The van der Waals surface area contributed by atoms with Gasteiger partial charge in [0.1, 0.15) is 11.3 Å². The second-order valence-electron chi connectivity index (χ2n) is 6.36. The van der Waals surface area contributed by atoms with Gasteiger partial charge in [-0.2, -0.15) is 0 Å². The fraction of sp³-hybridized carbons (Fsp3) is 0.412. The SMILES string of the molecule is Cc1nnc(CN(C)CC2CNNC2c2cc3ccccc3o2)o1. The van der Waals surface area contributed by atoms with Gasteiger partial charge in [0, 0.05) is 31.3 Å². The highest BCUT2D eigenvalue weighted by atomic mass is 16.4. The van der Waals surface area contributed by atoms with E-state index in [1.54, 1.807) is 6.92 Å². The van der Waals surface area contributed by atoms with E-state index in [2.05, 4.69) is 45.1 Å². The fourth-order valence-electron chi connectivity index (χ4n) is 3.26. The Labute approximate surface area is 140 Å². The molecule has 2 aromatic heterocycles. The third kappa shape index (κ3) is 3.06. The summed E-state index contributed by atoms with van der Waals surface area (Å²) in [6.45, 7) is 4.22. The number of hydrogen-bond donors (Lipinski definition) is 2. The standard InChI is InChI=1S/C17H21N5O2/c1-11-19-20-16(23-11)10-22(2)9-13-8-18-21-17(13)15-7-12-5-3-4-6-14(12)24-15/h3-7,13,17-18,21H,8-10H2,1-2H3. The highest BCUT2D eigenvalue weighted by Gasteiger charge is 2.31. The van der Waals surface area contributed by atoms with Crippen molar-refractivity contribution in [3.63, 3.8) is 0 Å². The molecule has 0 bridgehead atoms. The molecule has 2 atom stereocenters. The number of benzene rings is 1. The van der Waals surface area contributed by atoms with Crippen LogP contribution in [-0.4, -0.2) is 35.2 Å². The van der Waals surface area contributed by atoms with Crippen LogP contribution in [0.5, 0.6) is 0 Å². The lowest BCUT2D eigenvalue weighted by atomic mass is 9.99. The molecule has 1 aliphatic rings. The maximum absolute atomic E-state index is 6.02. The largest absolute Gasteiger partial charge is 0.459 e. The lowest BCUT2D eigenvalue weighted by Gasteiger charge is -2.22. The van der Waals surface area contributed by atoms with Crippen LogP contribution < -0.4 is 10.9 Å². The summed E-state index contributed by atoms with van der Waals surface area (Å²) < 4.78 is 11.5. The van der Waals surface area contributed by atoms with E-state index in [1.165, 1.54) is 0 Å². The van der Waals surface area contributed by atoms with Crippen molar-refractivity contribution >= 4 is 11.0 Å². The first-order valence-electron chi connectivity index (χ1n) is 8.13. The van der Waals surface area contributed by atoms with Crippen LogP contribution in [-0.2, 0) is 6.54 Å². The van der Waals surface area contributed by atoms with Crippen LogP contribution in [0.2, 0.25) is 0 Å². The first kappa shape index (κ1) is 15.3. The number of aromatic nitrogens is 2. The number of hydrazine groups is 1. The molecule has 1 fully saturated rings. The molecule has 3 aromatic rings. The first-order chi connectivity index (χ1) is 11.7. The molecule has 1 saturated heterocycles. The molecule has 0 aliphatic carbocycles. The number of rotatable bonds is 5. The van der Waals surface area contributed by atoms with Crippen molar-refractivity contribution < 1.29 is 8.83 Å². The van der Waals surface area contributed by atoms with E-state index in [9.17, 15) is 0 Å². The minimum atomic E-state index is 0.143. The summed E-state index contributed by atoms with van der Waals surface area (Å²) in [5, 5.41) is 9.07. The molecule has 4 rings (SSSR count). The van der Waals surface area contributed by atoms with Crippen LogP contribution in [0.4, 0.5) is 0 Å². The Morgan fingerprint density at radius 2 is 2.12 bits per heavy atom. The van der Waals surface area contributed by atoms with Crippen molar-refractivity contribution in [2.75, 3.05) is 20.1 Å². The molecule has 1 aromatic carbocycles. The summed E-state index contributed by atoms with van der Waals surface area (Å²) in [5.74, 6) is 2.60. The monoisotopic (exact) mass is 327 g/mol. The molecule has 3 heterocycles. The number of para-hydroxylation sites is 1. The van der Waals surface area contributed by atoms with Gasteiger partial charge in [0.25, 0.3) is 0 Å².